The smallest absolute Gasteiger partial charge is 0.319 e. The maximum absolute atomic E-state index is 12.6. The van der Waals surface area contributed by atoms with Gasteiger partial charge in [-0.25, -0.2) is 9.78 Å². The highest BCUT2D eigenvalue weighted by molar-refractivity contribution is 5.93. The van der Waals surface area contributed by atoms with Gasteiger partial charge in [-0.15, -0.1) is 0 Å². The third kappa shape index (κ3) is 5.73. The van der Waals surface area contributed by atoms with Crippen molar-refractivity contribution in [2.45, 2.75) is 70.5 Å². The maximum Gasteiger partial charge on any atom is 0.319 e. The van der Waals surface area contributed by atoms with E-state index >= 15 is 0 Å². The van der Waals surface area contributed by atoms with Gasteiger partial charge in [-0.1, -0.05) is 43.7 Å². The molecular weight excluding hydrogens is 448 g/mol. The summed E-state index contributed by atoms with van der Waals surface area (Å²) in [5.74, 6) is 0.890. The van der Waals surface area contributed by atoms with Crippen LogP contribution in [-0.2, 0) is 13.0 Å². The fourth-order valence-corrected chi connectivity index (χ4v) is 5.36. The minimum atomic E-state index is -0.408. The predicted molar refractivity (Wildman–Crippen MR) is 151 cm³/mol. The number of nitrogens with two attached hydrogens (primary N) is 2. The van der Waals surface area contributed by atoms with Gasteiger partial charge < -0.3 is 21.7 Å². The molecule has 1 fully saturated rings. The molecule has 0 atom stereocenters. The standard InChI is InChI=1S/C29H40N6O/c1-4-5-8-20-11-16-26(21(17-20)19-30)35(29(31)36)23-14-12-22(13-15-23)32-28-18-27(34(2)3)24-9-6-7-10-25(24)33-28/h6-7,9-11,16-18,22-23H,4-5,8,12-15,19,30H2,1-3H3,(H2,31,36)(H,32,33). The Labute approximate surface area is 214 Å². The number of urea groups is 1. The molecule has 36 heavy (non-hydrogen) atoms. The van der Waals surface area contributed by atoms with Crippen LogP contribution in [0.1, 0.15) is 56.6 Å². The Kier molecular flexibility index (Phi) is 8.31. The van der Waals surface area contributed by atoms with Crippen molar-refractivity contribution in [2.75, 3.05) is 29.2 Å². The van der Waals surface area contributed by atoms with Crippen molar-refractivity contribution in [1.29, 1.82) is 0 Å². The Balaban J connectivity index is 1.47. The van der Waals surface area contributed by atoms with E-state index in [9.17, 15) is 4.79 Å². The number of para-hydroxylation sites is 1. The van der Waals surface area contributed by atoms with E-state index in [1.54, 1.807) is 4.90 Å². The molecule has 4 rings (SSSR count). The molecule has 5 N–H and O–H groups in total. The molecule has 0 radical (unpaired) electrons. The topological polar surface area (TPSA) is 101 Å². The van der Waals surface area contributed by atoms with Gasteiger partial charge in [-0.3, -0.25) is 4.90 Å². The number of rotatable bonds is 9. The number of aryl methyl sites for hydroxylation is 1. The molecule has 0 aliphatic heterocycles. The molecule has 0 saturated heterocycles. The highest BCUT2D eigenvalue weighted by Crippen LogP contribution is 2.33. The number of amides is 2. The van der Waals surface area contributed by atoms with Crippen molar-refractivity contribution in [2.24, 2.45) is 11.5 Å². The normalized spacial score (nSPS) is 17.7. The van der Waals surface area contributed by atoms with E-state index in [2.05, 4.69) is 61.6 Å². The molecule has 3 aromatic rings. The summed E-state index contributed by atoms with van der Waals surface area (Å²) >= 11 is 0. The molecule has 192 valence electrons. The molecule has 1 saturated carbocycles. The molecule has 1 aliphatic carbocycles. The van der Waals surface area contributed by atoms with E-state index < -0.39 is 6.03 Å². The molecule has 0 spiro atoms. The van der Waals surface area contributed by atoms with Gasteiger partial charge in [-0.2, -0.15) is 0 Å². The first-order valence-electron chi connectivity index (χ1n) is 13.2. The van der Waals surface area contributed by atoms with Crippen LogP contribution in [0.15, 0.2) is 48.5 Å². The summed E-state index contributed by atoms with van der Waals surface area (Å²) in [4.78, 5) is 21.4. The van der Waals surface area contributed by atoms with Crippen molar-refractivity contribution in [1.82, 2.24) is 4.98 Å². The molecule has 1 aliphatic rings. The van der Waals surface area contributed by atoms with Gasteiger partial charge in [0.2, 0.25) is 0 Å². The Morgan fingerprint density at radius 1 is 1.06 bits per heavy atom. The molecular formula is C29H40N6O. The quantitative estimate of drug-likeness (QED) is 0.374. The second-order valence-electron chi connectivity index (χ2n) is 10.1. The van der Waals surface area contributed by atoms with Crippen molar-refractivity contribution >= 4 is 34.1 Å². The summed E-state index contributed by atoms with van der Waals surface area (Å²) in [5.41, 5.74) is 17.2. The lowest BCUT2D eigenvalue weighted by molar-refractivity contribution is 0.248. The van der Waals surface area contributed by atoms with E-state index in [-0.39, 0.29) is 6.04 Å². The van der Waals surface area contributed by atoms with Crippen LogP contribution in [-0.4, -0.2) is 37.2 Å². The van der Waals surface area contributed by atoms with Gasteiger partial charge in [0.05, 0.1) is 11.2 Å². The Hall–Kier alpha value is -3.32. The summed E-state index contributed by atoms with van der Waals surface area (Å²) in [6.07, 6.45) is 6.93. The van der Waals surface area contributed by atoms with Crippen molar-refractivity contribution in [3.8, 4) is 0 Å². The molecule has 1 heterocycles. The van der Waals surface area contributed by atoms with Crippen molar-refractivity contribution in [3.05, 3.63) is 59.7 Å². The van der Waals surface area contributed by atoms with Gasteiger partial charge in [0.1, 0.15) is 5.82 Å². The summed E-state index contributed by atoms with van der Waals surface area (Å²) in [6, 6.07) is 16.6. The van der Waals surface area contributed by atoms with Crippen molar-refractivity contribution < 1.29 is 4.79 Å². The Morgan fingerprint density at radius 3 is 2.47 bits per heavy atom. The third-order valence-electron chi connectivity index (χ3n) is 7.27. The number of anilines is 3. The minimum absolute atomic E-state index is 0.0641. The molecule has 7 nitrogen and oxygen atoms in total. The highest BCUT2D eigenvalue weighted by atomic mass is 16.2. The number of nitrogens with one attached hydrogen (secondary N) is 1. The zero-order chi connectivity index (χ0) is 25.7. The van der Waals surface area contributed by atoms with Gasteiger partial charge in [0.15, 0.2) is 0 Å². The van der Waals surface area contributed by atoms with Crippen LogP contribution >= 0.6 is 0 Å². The second-order valence-corrected chi connectivity index (χ2v) is 10.1. The number of hydrogen-bond acceptors (Lipinski definition) is 5. The lowest BCUT2D eigenvalue weighted by Crippen LogP contribution is -2.47. The van der Waals surface area contributed by atoms with E-state index in [1.165, 1.54) is 5.56 Å². The third-order valence-corrected chi connectivity index (χ3v) is 7.27. The number of benzene rings is 2. The van der Waals surface area contributed by atoms with E-state index in [4.69, 9.17) is 16.5 Å². The van der Waals surface area contributed by atoms with E-state index in [1.807, 2.05) is 18.2 Å². The van der Waals surface area contributed by atoms with E-state index in [0.717, 1.165) is 78.6 Å². The first-order chi connectivity index (χ1) is 17.4. The van der Waals surface area contributed by atoms with Crippen LogP contribution in [0.2, 0.25) is 0 Å². The lowest BCUT2D eigenvalue weighted by atomic mass is 9.89. The number of nitrogens with zero attached hydrogens (tertiary/aromatic N) is 3. The van der Waals surface area contributed by atoms with Crippen LogP contribution in [0, 0.1) is 0 Å². The predicted octanol–water partition coefficient (Wildman–Crippen LogP) is 5.41. The van der Waals surface area contributed by atoms with Crippen LogP contribution in [0.25, 0.3) is 10.9 Å². The number of hydrogen-bond donors (Lipinski definition) is 3. The lowest BCUT2D eigenvalue weighted by Gasteiger charge is -2.37. The molecule has 2 amide bonds. The highest BCUT2D eigenvalue weighted by Gasteiger charge is 2.30. The summed E-state index contributed by atoms with van der Waals surface area (Å²) in [6.45, 7) is 2.58. The average molecular weight is 489 g/mol. The van der Waals surface area contributed by atoms with E-state index in [0.29, 0.717) is 12.6 Å². The molecule has 0 unspecified atom stereocenters. The number of unbranched alkanes of at least 4 members (excludes halogenated alkanes) is 1. The van der Waals surface area contributed by atoms with Gasteiger partial charge in [-0.05, 0) is 61.8 Å². The van der Waals surface area contributed by atoms with Gasteiger partial charge >= 0.3 is 6.03 Å². The summed E-state index contributed by atoms with van der Waals surface area (Å²) < 4.78 is 0. The number of carbonyl (C=O) groups excluding carboxylic acids is 1. The molecule has 0 bridgehead atoms. The number of pyridine rings is 1. The molecule has 7 heteroatoms. The fourth-order valence-electron chi connectivity index (χ4n) is 5.36. The number of carbonyl (C=O) groups is 1. The monoisotopic (exact) mass is 488 g/mol. The van der Waals surface area contributed by atoms with Gasteiger partial charge in [0, 0.05) is 49.9 Å². The van der Waals surface area contributed by atoms with Crippen molar-refractivity contribution in [3.63, 3.8) is 0 Å². The SMILES string of the molecule is CCCCc1ccc(N(C(N)=O)C2CCC(Nc3cc(N(C)C)c4ccccc4n3)CC2)c(CN)c1. The zero-order valence-corrected chi connectivity index (χ0v) is 21.8. The summed E-state index contributed by atoms with van der Waals surface area (Å²) in [7, 11) is 4.11. The molecule has 2 aromatic carbocycles. The number of primary amides is 1. The Bertz CT molecular complexity index is 1190. The average Bonchev–Trinajstić information content (AvgIpc) is 2.88. The Morgan fingerprint density at radius 2 is 1.81 bits per heavy atom. The summed E-state index contributed by atoms with van der Waals surface area (Å²) in [5, 5.41) is 4.80. The molecule has 1 aromatic heterocycles. The van der Waals surface area contributed by atoms with Crippen LogP contribution in [0.4, 0.5) is 22.0 Å². The van der Waals surface area contributed by atoms with Crippen LogP contribution in [0.3, 0.4) is 0 Å². The maximum atomic E-state index is 12.6. The largest absolute Gasteiger partial charge is 0.377 e. The van der Waals surface area contributed by atoms with Crippen LogP contribution in [0.5, 0.6) is 0 Å². The number of fused-ring (bicyclic) bond motifs is 1. The first kappa shape index (κ1) is 25.8. The second kappa shape index (κ2) is 11.6. The first-order valence-corrected chi connectivity index (χ1v) is 13.2. The minimum Gasteiger partial charge on any atom is -0.377 e. The van der Waals surface area contributed by atoms with Crippen LogP contribution < -0.4 is 26.6 Å². The number of aromatic nitrogens is 1. The zero-order valence-electron chi connectivity index (χ0n) is 21.8. The van der Waals surface area contributed by atoms with Gasteiger partial charge in [0.25, 0.3) is 0 Å². The fraction of sp³-hybridized carbons (Fsp3) is 0.448.